The number of piperidine rings is 1. The maximum absolute atomic E-state index is 14.7. The monoisotopic (exact) mass is 605 g/mol. The molecular weight excluding hydrogens is 569 g/mol. The van der Waals surface area contributed by atoms with Crippen molar-refractivity contribution >= 4 is 44.9 Å². The second kappa shape index (κ2) is 11.7. The first-order valence-electron chi connectivity index (χ1n) is 14.3. The standard InChI is InChI=1S/C31H37Cl2NO5S/c1-2-31(18-28(35)36)17-26(22-6-5-7-24(33)16-22)29(21-12-14-23(32)15-13-21)34(30(31)37)27(20-10-11-20)19-40(38,39)25-8-3-4-9-25/h5-7,12-16,20,25-27,29H,2-4,8-11,17-19H2,1H3,(H,35,36)/t26-,27-,29-,31+/m1/s1. The molecule has 2 aliphatic carbocycles. The molecule has 2 aromatic rings. The van der Waals surface area contributed by atoms with Gasteiger partial charge in [0, 0.05) is 22.0 Å². The number of hydrogen-bond acceptors (Lipinski definition) is 4. The average Bonchev–Trinajstić information content (AvgIpc) is 3.60. The number of benzene rings is 2. The van der Waals surface area contributed by atoms with Crippen LogP contribution in [0.1, 0.15) is 87.8 Å². The fraction of sp³-hybridized carbons (Fsp3) is 0.548. The number of rotatable bonds is 10. The SMILES string of the molecule is CC[C@@]1(CC(=O)O)C[C@H](c2cccc(Cl)c2)[C@@H](c2ccc(Cl)cc2)N([C@H](CS(=O)(=O)C2CCCC2)C2CC2)C1=O. The molecule has 1 heterocycles. The number of sulfone groups is 1. The first kappa shape index (κ1) is 29.4. The number of hydrogen-bond donors (Lipinski definition) is 1. The van der Waals surface area contributed by atoms with Gasteiger partial charge in [0.05, 0.1) is 28.9 Å². The Balaban J connectivity index is 1.69. The molecule has 9 heteroatoms. The van der Waals surface area contributed by atoms with E-state index in [0.29, 0.717) is 35.7 Å². The second-order valence-corrected chi connectivity index (χ2v) is 15.1. The number of carbonyl (C=O) groups excluding carboxylic acids is 1. The van der Waals surface area contributed by atoms with Gasteiger partial charge >= 0.3 is 5.97 Å². The van der Waals surface area contributed by atoms with E-state index >= 15 is 0 Å². The first-order valence-corrected chi connectivity index (χ1v) is 16.8. The molecule has 1 N–H and O–H groups in total. The van der Waals surface area contributed by atoms with Crippen LogP contribution in [0.25, 0.3) is 0 Å². The fourth-order valence-corrected chi connectivity index (χ4v) is 9.62. The van der Waals surface area contributed by atoms with Crippen molar-refractivity contribution in [1.82, 2.24) is 4.90 Å². The van der Waals surface area contributed by atoms with E-state index in [1.54, 1.807) is 23.1 Å². The normalized spacial score (nSPS) is 26.7. The molecule has 0 unspecified atom stereocenters. The van der Waals surface area contributed by atoms with Gasteiger partial charge in [-0.3, -0.25) is 9.59 Å². The summed E-state index contributed by atoms with van der Waals surface area (Å²) >= 11 is 12.7. The number of carboxylic acids is 1. The van der Waals surface area contributed by atoms with Gasteiger partial charge in [-0.1, -0.05) is 67.2 Å². The number of carbonyl (C=O) groups is 2. The zero-order chi connectivity index (χ0) is 28.7. The topological polar surface area (TPSA) is 91.8 Å². The van der Waals surface area contributed by atoms with E-state index in [-0.39, 0.29) is 35.2 Å². The smallest absolute Gasteiger partial charge is 0.304 e. The highest BCUT2D eigenvalue weighted by atomic mass is 35.5. The van der Waals surface area contributed by atoms with Crippen LogP contribution in [0.2, 0.25) is 10.0 Å². The van der Waals surface area contributed by atoms with Gasteiger partial charge in [-0.2, -0.15) is 0 Å². The summed E-state index contributed by atoms with van der Waals surface area (Å²) in [5.41, 5.74) is 0.597. The predicted octanol–water partition coefficient (Wildman–Crippen LogP) is 7.06. The Labute approximate surface area is 247 Å². The maximum Gasteiger partial charge on any atom is 0.304 e. The van der Waals surface area contributed by atoms with Crippen LogP contribution in [0, 0.1) is 11.3 Å². The highest BCUT2D eigenvalue weighted by Gasteiger charge is 2.56. The summed E-state index contributed by atoms with van der Waals surface area (Å²) in [7, 11) is -3.46. The zero-order valence-corrected chi connectivity index (χ0v) is 25.1. The minimum atomic E-state index is -3.46. The summed E-state index contributed by atoms with van der Waals surface area (Å²) in [6.45, 7) is 1.86. The molecule has 0 radical (unpaired) electrons. The van der Waals surface area contributed by atoms with Gasteiger partial charge in [0.25, 0.3) is 0 Å². The van der Waals surface area contributed by atoms with Crippen LogP contribution in [0.15, 0.2) is 48.5 Å². The molecule has 1 saturated heterocycles. The minimum absolute atomic E-state index is 0.0624. The van der Waals surface area contributed by atoms with Crippen LogP contribution in [0.5, 0.6) is 0 Å². The van der Waals surface area contributed by atoms with Crippen molar-refractivity contribution in [1.29, 1.82) is 0 Å². The summed E-state index contributed by atoms with van der Waals surface area (Å²) < 4.78 is 27.5. The molecular formula is C31H37Cl2NO5S. The van der Waals surface area contributed by atoms with E-state index < -0.39 is 33.3 Å². The quantitative estimate of drug-likeness (QED) is 0.313. The highest BCUT2D eigenvalue weighted by molar-refractivity contribution is 7.92. The lowest BCUT2D eigenvalue weighted by Crippen LogP contribution is -2.59. The fourth-order valence-electron chi connectivity index (χ4n) is 7.06. The maximum atomic E-state index is 14.7. The number of carboxylic acid groups (broad SMARTS) is 1. The lowest BCUT2D eigenvalue weighted by Gasteiger charge is -2.53. The number of halogens is 2. The van der Waals surface area contributed by atoms with Gasteiger partial charge in [0.1, 0.15) is 0 Å². The van der Waals surface area contributed by atoms with Crippen LogP contribution in [-0.4, -0.2) is 47.3 Å². The molecule has 2 aromatic carbocycles. The van der Waals surface area contributed by atoms with Gasteiger partial charge in [0.2, 0.25) is 5.91 Å². The first-order chi connectivity index (χ1) is 19.0. The molecule has 3 fully saturated rings. The van der Waals surface area contributed by atoms with Gasteiger partial charge in [0.15, 0.2) is 9.84 Å². The molecule has 0 aromatic heterocycles. The van der Waals surface area contributed by atoms with Crippen LogP contribution >= 0.6 is 23.2 Å². The third kappa shape index (κ3) is 5.93. The Morgan fingerprint density at radius 3 is 2.27 bits per heavy atom. The average molecular weight is 607 g/mol. The lowest BCUT2D eigenvalue weighted by atomic mass is 9.65. The van der Waals surface area contributed by atoms with Gasteiger partial charge in [-0.25, -0.2) is 8.42 Å². The summed E-state index contributed by atoms with van der Waals surface area (Å²) in [5, 5.41) is 10.7. The molecule has 40 heavy (non-hydrogen) atoms. The second-order valence-electron chi connectivity index (χ2n) is 11.9. The molecule has 5 rings (SSSR count). The van der Waals surface area contributed by atoms with Crippen molar-refractivity contribution in [2.75, 3.05) is 5.75 Å². The summed E-state index contributed by atoms with van der Waals surface area (Å²) in [6.07, 6.45) is 5.19. The molecule has 6 nitrogen and oxygen atoms in total. The highest BCUT2D eigenvalue weighted by Crippen LogP contribution is 2.55. The molecule has 1 amide bonds. The molecule has 216 valence electrons. The number of amides is 1. The third-order valence-electron chi connectivity index (χ3n) is 9.37. The van der Waals surface area contributed by atoms with Crippen molar-refractivity contribution in [3.8, 4) is 0 Å². The van der Waals surface area contributed by atoms with E-state index in [0.717, 1.165) is 36.8 Å². The van der Waals surface area contributed by atoms with E-state index in [1.165, 1.54) is 0 Å². The van der Waals surface area contributed by atoms with E-state index in [9.17, 15) is 23.1 Å². The molecule has 4 atom stereocenters. The van der Waals surface area contributed by atoms with Crippen molar-refractivity contribution < 1.29 is 23.1 Å². The van der Waals surface area contributed by atoms with Crippen LogP contribution in [-0.2, 0) is 19.4 Å². The largest absolute Gasteiger partial charge is 0.481 e. The molecule has 1 aliphatic heterocycles. The van der Waals surface area contributed by atoms with Gasteiger partial charge in [-0.05, 0) is 79.8 Å². The van der Waals surface area contributed by atoms with Crippen LogP contribution in [0.4, 0.5) is 0 Å². The summed E-state index contributed by atoms with van der Waals surface area (Å²) in [5.74, 6) is -1.60. The Kier molecular flexibility index (Phi) is 8.57. The number of aliphatic carboxylic acids is 1. The van der Waals surface area contributed by atoms with Gasteiger partial charge < -0.3 is 10.0 Å². The van der Waals surface area contributed by atoms with E-state index in [1.807, 2.05) is 37.3 Å². The van der Waals surface area contributed by atoms with Crippen LogP contribution < -0.4 is 0 Å². The Hall–Kier alpha value is -2.09. The lowest BCUT2D eigenvalue weighted by molar-refractivity contribution is -0.162. The molecule has 3 aliphatic rings. The number of likely N-dealkylation sites (tertiary alicyclic amines) is 1. The van der Waals surface area contributed by atoms with E-state index in [4.69, 9.17) is 23.2 Å². The van der Waals surface area contributed by atoms with Gasteiger partial charge in [-0.15, -0.1) is 0 Å². The Bertz CT molecular complexity index is 1350. The van der Waals surface area contributed by atoms with Crippen molar-refractivity contribution in [3.05, 3.63) is 69.7 Å². The summed E-state index contributed by atoms with van der Waals surface area (Å²) in [6, 6.07) is 13.9. The number of nitrogens with zero attached hydrogens (tertiary/aromatic N) is 1. The van der Waals surface area contributed by atoms with Crippen molar-refractivity contribution in [3.63, 3.8) is 0 Å². The van der Waals surface area contributed by atoms with E-state index in [2.05, 4.69) is 0 Å². The van der Waals surface area contributed by atoms with Crippen LogP contribution in [0.3, 0.4) is 0 Å². The van der Waals surface area contributed by atoms with Crippen molar-refractivity contribution in [2.24, 2.45) is 11.3 Å². The van der Waals surface area contributed by atoms with Crippen molar-refractivity contribution in [2.45, 2.75) is 88.0 Å². The zero-order valence-electron chi connectivity index (χ0n) is 22.8. The Morgan fingerprint density at radius 2 is 1.70 bits per heavy atom. The third-order valence-corrected chi connectivity index (χ3v) is 12.2. The molecule has 0 spiro atoms. The molecule has 0 bridgehead atoms. The predicted molar refractivity (Wildman–Crippen MR) is 157 cm³/mol. The molecule has 2 saturated carbocycles. The Morgan fingerprint density at radius 1 is 1.02 bits per heavy atom. The summed E-state index contributed by atoms with van der Waals surface area (Å²) in [4.78, 5) is 28.7. The minimum Gasteiger partial charge on any atom is -0.481 e.